The molecule has 0 bridgehead atoms. The van der Waals surface area contributed by atoms with Gasteiger partial charge in [0.15, 0.2) is 5.62 Å². The number of rotatable bonds is 20. The largest absolute Gasteiger partial charge is 0.466 e. The molecule has 4 aliphatic rings. The standard InChI is InChI=1S/C35H38O2S15.C3H6O2S/c1-5-23-24(17-38)46-27(45-23)11-13-30-50-33(41-4)35(52-30)44-20-22-9-7-21(8-10-22)19-43-31-25(18-39)47-28(48-31)12-14-29-49-32(40-3)34(51-29)42-16-15-26(36)37-6-2;1-6(2-4)3-5/h7-14,38-39H,5-6,15-20H2,1-4H3;2,5H,1,3H2. The Bertz CT molecular complexity index is 1870. The van der Waals surface area contributed by atoms with Gasteiger partial charge in [0.25, 0.3) is 0 Å². The number of allylic oxidation sites excluding steroid dienone is 5. The lowest BCUT2D eigenvalue weighted by Crippen LogP contribution is -2.04. The molecule has 4 aliphatic heterocycles. The molecule has 0 fully saturated rings. The highest BCUT2D eigenvalue weighted by molar-refractivity contribution is 8.41. The van der Waals surface area contributed by atoms with Crippen LogP contribution < -0.4 is 0 Å². The number of benzene rings is 1. The molecule has 1 unspecified atom stereocenters. The zero-order valence-corrected chi connectivity index (χ0v) is 45.3. The van der Waals surface area contributed by atoms with Crippen LogP contribution in [0.2, 0.25) is 0 Å². The van der Waals surface area contributed by atoms with E-state index in [4.69, 9.17) is 9.84 Å². The number of aliphatic hydroxyl groups excluding tert-OH is 1. The maximum atomic E-state index is 11.7. The van der Waals surface area contributed by atoms with Gasteiger partial charge in [-0.15, -0.1) is 69.3 Å². The van der Waals surface area contributed by atoms with Gasteiger partial charge in [0, 0.05) is 47.7 Å². The van der Waals surface area contributed by atoms with Crippen LogP contribution in [0.3, 0.4) is 0 Å². The van der Waals surface area contributed by atoms with Crippen molar-refractivity contribution in [1.82, 2.24) is 0 Å². The van der Waals surface area contributed by atoms with Crippen molar-refractivity contribution in [3.05, 3.63) is 113 Å². The third kappa shape index (κ3) is 17.6. The third-order valence-corrected chi connectivity index (χ3v) is 26.2. The first-order valence-electron chi connectivity index (χ1n) is 17.3. The number of carbonyl (C=O) groups excluding carboxylic acids is 2. The molecular formula is C38H44O4S16. The van der Waals surface area contributed by atoms with E-state index in [1.807, 2.05) is 136 Å². The highest BCUT2D eigenvalue weighted by atomic mass is 32.3. The molecule has 1 N–H and O–H groups in total. The van der Waals surface area contributed by atoms with Crippen LogP contribution in [0.15, 0.2) is 101 Å². The molecule has 4 heterocycles. The van der Waals surface area contributed by atoms with Crippen molar-refractivity contribution >= 4 is 206 Å². The molecule has 0 amide bonds. The Morgan fingerprint density at radius 1 is 0.707 bits per heavy atom. The minimum atomic E-state index is -0.659. The maximum Gasteiger partial charge on any atom is 0.306 e. The minimum Gasteiger partial charge on any atom is -0.466 e. The number of thioether (sulfide) groups is 13. The van der Waals surface area contributed by atoms with Gasteiger partial charge < -0.3 is 9.84 Å². The molecule has 1 aromatic rings. The Labute approximate surface area is 413 Å². The highest BCUT2D eigenvalue weighted by Crippen LogP contribution is 2.59. The van der Waals surface area contributed by atoms with Gasteiger partial charge in [-0.05, 0) is 61.3 Å². The fourth-order valence-corrected chi connectivity index (χ4v) is 22.2. The first kappa shape index (κ1) is 52.3. The van der Waals surface area contributed by atoms with Gasteiger partial charge in [-0.1, -0.05) is 131 Å². The zero-order chi connectivity index (χ0) is 41.9. The van der Waals surface area contributed by atoms with Crippen molar-refractivity contribution in [1.29, 1.82) is 0 Å². The average Bonchev–Trinajstić information content (AvgIpc) is 4.05. The summed E-state index contributed by atoms with van der Waals surface area (Å²) < 4.78 is 17.1. The predicted octanol–water partition coefficient (Wildman–Crippen LogP) is 15.6. The summed E-state index contributed by atoms with van der Waals surface area (Å²) in [4.78, 5) is 25.5. The van der Waals surface area contributed by atoms with E-state index in [0.29, 0.717) is 18.6 Å². The van der Waals surface area contributed by atoms with Crippen LogP contribution in [0.1, 0.15) is 37.8 Å². The lowest BCUT2D eigenvalue weighted by Gasteiger charge is -2.06. The Kier molecular flexibility index (Phi) is 26.4. The topological polar surface area (TPSA) is 63.6 Å². The van der Waals surface area contributed by atoms with Crippen LogP contribution >= 0.6 is 189 Å². The number of hydrogen-bond acceptors (Lipinski definition) is 19. The summed E-state index contributed by atoms with van der Waals surface area (Å²) in [6, 6.07) is 9.16. The van der Waals surface area contributed by atoms with Crippen LogP contribution in [0.25, 0.3) is 0 Å². The monoisotopic (exact) mass is 1080 g/mol. The Balaban J connectivity index is 0.00000115. The van der Waals surface area contributed by atoms with E-state index in [-0.39, 0.29) is 11.9 Å². The molecule has 316 valence electrons. The number of hydrogen-bond donors (Lipinski definition) is 3. The number of esters is 1. The normalized spacial score (nSPS) is 20.4. The molecule has 0 saturated heterocycles. The first-order chi connectivity index (χ1) is 28.2. The fraction of sp³-hybridized carbons (Fsp3) is 0.342. The summed E-state index contributed by atoms with van der Waals surface area (Å²) in [5, 5.41) is 8.05. The van der Waals surface area contributed by atoms with Crippen LogP contribution in [-0.4, -0.2) is 64.9 Å². The van der Waals surface area contributed by atoms with Gasteiger partial charge in [0.05, 0.1) is 52.9 Å². The predicted molar refractivity (Wildman–Crippen MR) is 297 cm³/mol. The lowest BCUT2D eigenvalue weighted by atomic mass is 10.2. The molecular weight excluding hydrogens is 1030 g/mol. The smallest absolute Gasteiger partial charge is 0.306 e. The molecule has 0 aliphatic carbocycles. The SMILES string of the molecule is C=S(C=O)CO.CCOC(=O)CCSC1=C(SC)SC(=CC=C2SC(CS)=C(SCc3ccc(CSC4=C(SC)SC(=CC=C5SC(CC)=C(CS)S5)S4)cc3)S2)S1. The van der Waals surface area contributed by atoms with Gasteiger partial charge in [-0.25, -0.2) is 0 Å². The van der Waals surface area contributed by atoms with Crippen molar-refractivity contribution in [2.45, 2.75) is 38.2 Å². The van der Waals surface area contributed by atoms with Gasteiger partial charge in [-0.2, -0.15) is 25.3 Å². The van der Waals surface area contributed by atoms with Gasteiger partial charge in [0.2, 0.25) is 0 Å². The molecule has 58 heavy (non-hydrogen) atoms. The summed E-state index contributed by atoms with van der Waals surface area (Å²) in [5.41, 5.74) is 3.34. The third-order valence-electron chi connectivity index (χ3n) is 7.11. The van der Waals surface area contributed by atoms with Crippen LogP contribution in [-0.2, 0) is 25.8 Å². The summed E-state index contributed by atoms with van der Waals surface area (Å²) in [6.45, 7) is 4.51. The van der Waals surface area contributed by atoms with Crippen molar-refractivity contribution in [2.24, 2.45) is 0 Å². The van der Waals surface area contributed by atoms with E-state index in [1.165, 1.54) is 64.0 Å². The Hall–Kier alpha value is 1.71. The minimum absolute atomic E-state index is 0.122. The van der Waals surface area contributed by atoms with Crippen LogP contribution in [0, 0.1) is 0 Å². The molecule has 20 heteroatoms. The molecule has 1 aromatic carbocycles. The second-order valence-electron chi connectivity index (χ2n) is 11.1. The van der Waals surface area contributed by atoms with Gasteiger partial charge >= 0.3 is 5.97 Å². The van der Waals surface area contributed by atoms with E-state index in [1.54, 1.807) is 23.5 Å². The van der Waals surface area contributed by atoms with E-state index < -0.39 is 10.5 Å². The number of carbonyl (C=O) groups is 2. The van der Waals surface area contributed by atoms with E-state index in [9.17, 15) is 9.59 Å². The zero-order valence-electron chi connectivity index (χ0n) is 32.0. The number of thiol groups is 2. The van der Waals surface area contributed by atoms with E-state index in [2.05, 4.69) is 99.1 Å². The highest BCUT2D eigenvalue weighted by Gasteiger charge is 2.24. The Morgan fingerprint density at radius 2 is 1.16 bits per heavy atom. The van der Waals surface area contributed by atoms with Crippen LogP contribution in [0.4, 0.5) is 0 Å². The first-order valence-corrected chi connectivity index (χ1v) is 32.2. The van der Waals surface area contributed by atoms with Crippen molar-refractivity contribution in [3.8, 4) is 0 Å². The van der Waals surface area contributed by atoms with Gasteiger partial charge in [-0.3, -0.25) is 9.59 Å². The molecule has 1 atom stereocenters. The molecule has 0 spiro atoms. The fourth-order valence-electron chi connectivity index (χ4n) is 4.37. The lowest BCUT2D eigenvalue weighted by molar-refractivity contribution is -0.142. The number of aliphatic hydroxyl groups is 1. The van der Waals surface area contributed by atoms with E-state index >= 15 is 0 Å². The summed E-state index contributed by atoms with van der Waals surface area (Å²) in [5.74, 6) is 7.27. The molecule has 5 rings (SSSR count). The van der Waals surface area contributed by atoms with Crippen molar-refractivity contribution in [3.63, 3.8) is 0 Å². The summed E-state index contributed by atoms with van der Waals surface area (Å²) >= 11 is 33.4. The molecule has 4 nitrogen and oxygen atoms in total. The summed E-state index contributed by atoms with van der Waals surface area (Å²) in [6.07, 6.45) is 14.9. The van der Waals surface area contributed by atoms with E-state index in [0.717, 1.165) is 35.2 Å². The van der Waals surface area contributed by atoms with Crippen molar-refractivity contribution < 1.29 is 19.4 Å². The molecule has 0 radical (unpaired) electrons. The molecule has 0 aromatic heterocycles. The number of ether oxygens (including phenoxy) is 1. The van der Waals surface area contributed by atoms with Crippen LogP contribution in [0.5, 0.6) is 0 Å². The second kappa shape index (κ2) is 29.3. The Morgan fingerprint density at radius 3 is 1.60 bits per heavy atom. The van der Waals surface area contributed by atoms with Gasteiger partial charge in [0.1, 0.15) is 0 Å². The van der Waals surface area contributed by atoms with Crippen molar-refractivity contribution in [2.75, 3.05) is 42.3 Å². The molecule has 0 saturated carbocycles. The summed E-state index contributed by atoms with van der Waals surface area (Å²) in [7, 11) is -0.659. The quantitative estimate of drug-likeness (QED) is 0.0502. The average molecular weight is 1080 g/mol. The second-order valence-corrected chi connectivity index (χ2v) is 29.0. The maximum absolute atomic E-state index is 11.7.